The van der Waals surface area contributed by atoms with Gasteiger partial charge >= 0.3 is 5.97 Å². The van der Waals surface area contributed by atoms with Crippen LogP contribution in [0, 0.1) is 11.3 Å². The Hall–Kier alpha value is -3.14. The van der Waals surface area contributed by atoms with Crippen LogP contribution in [0.15, 0.2) is 30.6 Å². The Balaban J connectivity index is 2.22. The molecule has 2 rings (SSSR count). The molecule has 21 heavy (non-hydrogen) atoms. The fraction of sp³-hybridized carbons (Fsp3) is 0.143. The lowest BCUT2D eigenvalue weighted by Crippen LogP contribution is -2.04. The predicted octanol–water partition coefficient (Wildman–Crippen LogP) is 1.94. The van der Waals surface area contributed by atoms with Crippen LogP contribution in [0.4, 0.5) is 0 Å². The van der Waals surface area contributed by atoms with Gasteiger partial charge in [0, 0.05) is 6.07 Å². The van der Waals surface area contributed by atoms with Crippen molar-refractivity contribution in [1.29, 1.82) is 5.26 Å². The Morgan fingerprint density at radius 1 is 1.14 bits per heavy atom. The van der Waals surface area contributed by atoms with Gasteiger partial charge in [-0.25, -0.2) is 14.8 Å². The topological polar surface area (TPSA) is 94.3 Å². The molecule has 0 fully saturated rings. The van der Waals surface area contributed by atoms with Gasteiger partial charge in [-0.3, -0.25) is 0 Å². The van der Waals surface area contributed by atoms with E-state index in [1.165, 1.54) is 26.6 Å². The van der Waals surface area contributed by atoms with Crippen LogP contribution in [-0.4, -0.2) is 30.2 Å². The molecule has 0 saturated carbocycles. The molecule has 0 radical (unpaired) electrons. The lowest BCUT2D eigenvalue weighted by Gasteiger charge is -2.07. The van der Waals surface area contributed by atoms with E-state index in [9.17, 15) is 4.79 Å². The minimum atomic E-state index is -0.581. The summed E-state index contributed by atoms with van der Waals surface area (Å²) < 4.78 is 15.1. The molecule has 0 aliphatic carbocycles. The van der Waals surface area contributed by atoms with Crippen molar-refractivity contribution in [2.24, 2.45) is 0 Å². The van der Waals surface area contributed by atoms with E-state index in [0.717, 1.165) is 0 Å². The molecule has 0 saturated heterocycles. The standard InChI is InChI=1S/C14H11N3O4/c1-19-10-3-9(6-15)4-11(5-10)21-13-8-16-12(7-17-13)14(18)20-2/h3-5,7-8H,1-2H3. The first-order valence-corrected chi connectivity index (χ1v) is 5.83. The molecule has 0 amide bonds. The lowest BCUT2D eigenvalue weighted by molar-refractivity contribution is 0.0593. The van der Waals surface area contributed by atoms with Gasteiger partial charge in [-0.05, 0) is 12.1 Å². The van der Waals surface area contributed by atoms with Gasteiger partial charge in [-0.2, -0.15) is 5.26 Å². The van der Waals surface area contributed by atoms with Crippen LogP contribution in [0.25, 0.3) is 0 Å². The highest BCUT2D eigenvalue weighted by Gasteiger charge is 2.09. The highest BCUT2D eigenvalue weighted by molar-refractivity contribution is 5.86. The molecule has 2 aromatic rings. The van der Waals surface area contributed by atoms with Crippen LogP contribution >= 0.6 is 0 Å². The molecular weight excluding hydrogens is 274 g/mol. The summed E-state index contributed by atoms with van der Waals surface area (Å²) in [6.45, 7) is 0. The third-order valence-electron chi connectivity index (χ3n) is 2.49. The zero-order valence-electron chi connectivity index (χ0n) is 11.4. The molecule has 0 aliphatic rings. The van der Waals surface area contributed by atoms with Gasteiger partial charge < -0.3 is 14.2 Å². The summed E-state index contributed by atoms with van der Waals surface area (Å²) >= 11 is 0. The number of methoxy groups -OCH3 is 2. The monoisotopic (exact) mass is 285 g/mol. The molecule has 7 nitrogen and oxygen atoms in total. The van der Waals surface area contributed by atoms with Crippen molar-refractivity contribution < 1.29 is 19.0 Å². The van der Waals surface area contributed by atoms with E-state index in [1.54, 1.807) is 18.2 Å². The number of esters is 1. The van der Waals surface area contributed by atoms with Gasteiger partial charge in [-0.1, -0.05) is 0 Å². The van der Waals surface area contributed by atoms with Crippen LogP contribution in [-0.2, 0) is 4.74 Å². The largest absolute Gasteiger partial charge is 0.497 e. The Morgan fingerprint density at radius 3 is 2.48 bits per heavy atom. The second kappa shape index (κ2) is 6.34. The van der Waals surface area contributed by atoms with Crippen LogP contribution in [0.5, 0.6) is 17.4 Å². The number of carbonyl (C=O) groups is 1. The second-order valence-electron chi connectivity index (χ2n) is 3.84. The number of aromatic nitrogens is 2. The van der Waals surface area contributed by atoms with E-state index in [-0.39, 0.29) is 11.6 Å². The van der Waals surface area contributed by atoms with Crippen molar-refractivity contribution >= 4 is 5.97 Å². The number of hydrogen-bond donors (Lipinski definition) is 0. The molecule has 1 heterocycles. The van der Waals surface area contributed by atoms with Gasteiger partial charge in [0.05, 0.1) is 38.2 Å². The first kappa shape index (κ1) is 14.3. The van der Waals surface area contributed by atoms with Crippen molar-refractivity contribution in [3.05, 3.63) is 41.9 Å². The van der Waals surface area contributed by atoms with Crippen molar-refractivity contribution in [3.63, 3.8) is 0 Å². The number of ether oxygens (including phenoxy) is 3. The maximum atomic E-state index is 11.2. The maximum absolute atomic E-state index is 11.2. The summed E-state index contributed by atoms with van der Waals surface area (Å²) in [5.41, 5.74) is 0.469. The molecule has 106 valence electrons. The molecular formula is C14H11N3O4. The van der Waals surface area contributed by atoms with Crippen LogP contribution in [0.1, 0.15) is 16.1 Å². The summed E-state index contributed by atoms with van der Waals surface area (Å²) in [6.07, 6.45) is 2.53. The fourth-order valence-corrected chi connectivity index (χ4v) is 1.51. The molecule has 0 N–H and O–H groups in total. The molecule has 0 bridgehead atoms. The summed E-state index contributed by atoms with van der Waals surface area (Å²) in [4.78, 5) is 19.0. The number of nitriles is 1. The highest BCUT2D eigenvalue weighted by Crippen LogP contribution is 2.25. The van der Waals surface area contributed by atoms with Gasteiger partial charge in [0.2, 0.25) is 5.88 Å². The SMILES string of the molecule is COC(=O)c1cnc(Oc2cc(C#N)cc(OC)c2)cn1. The van der Waals surface area contributed by atoms with E-state index in [2.05, 4.69) is 14.7 Å². The predicted molar refractivity (Wildman–Crippen MR) is 71.2 cm³/mol. The van der Waals surface area contributed by atoms with E-state index >= 15 is 0 Å². The average Bonchev–Trinajstić information content (AvgIpc) is 2.54. The van der Waals surface area contributed by atoms with Gasteiger partial charge in [-0.15, -0.1) is 0 Å². The number of benzene rings is 1. The van der Waals surface area contributed by atoms with Gasteiger partial charge in [0.15, 0.2) is 5.69 Å². The third kappa shape index (κ3) is 3.45. The Kier molecular flexibility index (Phi) is 4.31. The average molecular weight is 285 g/mol. The zero-order valence-corrected chi connectivity index (χ0v) is 11.4. The van der Waals surface area contributed by atoms with Crippen molar-refractivity contribution in [2.75, 3.05) is 14.2 Å². The number of rotatable bonds is 4. The number of hydrogen-bond acceptors (Lipinski definition) is 7. The first-order chi connectivity index (χ1) is 10.2. The minimum Gasteiger partial charge on any atom is -0.497 e. The highest BCUT2D eigenvalue weighted by atomic mass is 16.5. The molecule has 0 aliphatic heterocycles. The maximum Gasteiger partial charge on any atom is 0.358 e. The number of nitrogens with zero attached hydrogens (tertiary/aromatic N) is 3. The summed E-state index contributed by atoms with van der Waals surface area (Å²) in [7, 11) is 2.75. The molecule has 0 unspecified atom stereocenters. The van der Waals surface area contributed by atoms with E-state index in [1.807, 2.05) is 6.07 Å². The Bertz CT molecular complexity index is 692. The lowest BCUT2D eigenvalue weighted by atomic mass is 10.2. The van der Waals surface area contributed by atoms with Gasteiger partial charge in [0.1, 0.15) is 11.5 Å². The third-order valence-corrected chi connectivity index (χ3v) is 2.49. The summed E-state index contributed by atoms with van der Waals surface area (Å²) in [6, 6.07) is 6.73. The normalized spacial score (nSPS) is 9.57. The second-order valence-corrected chi connectivity index (χ2v) is 3.84. The zero-order chi connectivity index (χ0) is 15.2. The fourth-order valence-electron chi connectivity index (χ4n) is 1.51. The smallest absolute Gasteiger partial charge is 0.358 e. The van der Waals surface area contributed by atoms with E-state index in [4.69, 9.17) is 14.7 Å². The quantitative estimate of drug-likeness (QED) is 0.792. The Morgan fingerprint density at radius 2 is 1.90 bits per heavy atom. The van der Waals surface area contributed by atoms with Crippen molar-refractivity contribution in [2.45, 2.75) is 0 Å². The van der Waals surface area contributed by atoms with Crippen LogP contribution in [0.2, 0.25) is 0 Å². The van der Waals surface area contributed by atoms with Gasteiger partial charge in [0.25, 0.3) is 0 Å². The Labute approximate surface area is 120 Å². The van der Waals surface area contributed by atoms with E-state index in [0.29, 0.717) is 17.1 Å². The molecule has 1 aromatic heterocycles. The summed E-state index contributed by atoms with van der Waals surface area (Å²) in [5.74, 6) is 0.469. The molecule has 7 heteroatoms. The van der Waals surface area contributed by atoms with E-state index < -0.39 is 5.97 Å². The summed E-state index contributed by atoms with van der Waals surface area (Å²) in [5, 5.41) is 8.93. The van der Waals surface area contributed by atoms with Crippen LogP contribution in [0.3, 0.4) is 0 Å². The minimum absolute atomic E-state index is 0.0770. The van der Waals surface area contributed by atoms with Crippen LogP contribution < -0.4 is 9.47 Å². The molecule has 0 spiro atoms. The molecule has 1 aromatic carbocycles. The molecule has 0 atom stereocenters. The first-order valence-electron chi connectivity index (χ1n) is 5.83. The van der Waals surface area contributed by atoms with Crippen molar-refractivity contribution in [1.82, 2.24) is 9.97 Å². The van der Waals surface area contributed by atoms with Crippen molar-refractivity contribution in [3.8, 4) is 23.4 Å². The number of carbonyl (C=O) groups excluding carboxylic acids is 1.